The van der Waals surface area contributed by atoms with Crippen LogP contribution in [0.4, 0.5) is 11.4 Å². The second-order valence-electron chi connectivity index (χ2n) is 9.11. The van der Waals surface area contributed by atoms with Gasteiger partial charge in [0.1, 0.15) is 17.8 Å². The number of amides is 3. The van der Waals surface area contributed by atoms with Crippen LogP contribution in [0.2, 0.25) is 0 Å². The highest BCUT2D eigenvalue weighted by atomic mass is 16.5. The van der Waals surface area contributed by atoms with Crippen molar-refractivity contribution in [1.29, 1.82) is 0 Å². The number of aromatic nitrogens is 1. The lowest BCUT2D eigenvalue weighted by atomic mass is 9.84. The molecule has 3 aromatic rings. The van der Waals surface area contributed by atoms with Gasteiger partial charge in [-0.15, -0.1) is 0 Å². The van der Waals surface area contributed by atoms with E-state index in [1.54, 1.807) is 18.3 Å². The Kier molecular flexibility index (Phi) is 6.50. The van der Waals surface area contributed by atoms with Gasteiger partial charge < -0.3 is 24.7 Å². The lowest BCUT2D eigenvalue weighted by Gasteiger charge is -2.38. The first-order valence-electron chi connectivity index (χ1n) is 11.9. The number of rotatable bonds is 5. The number of fused-ring (bicyclic) bond motifs is 1. The maximum absolute atomic E-state index is 13.2. The van der Waals surface area contributed by atoms with Gasteiger partial charge in [-0.3, -0.25) is 19.4 Å². The zero-order valence-electron chi connectivity index (χ0n) is 19.6. The van der Waals surface area contributed by atoms with Gasteiger partial charge in [-0.25, -0.2) is 0 Å². The number of anilines is 2. The number of carbonyl (C=O) groups is 3. The van der Waals surface area contributed by atoms with Crippen molar-refractivity contribution in [3.8, 4) is 0 Å². The molecule has 2 fully saturated rings. The van der Waals surface area contributed by atoms with Crippen LogP contribution in [0.1, 0.15) is 41.8 Å². The first-order chi connectivity index (χ1) is 17.0. The summed E-state index contributed by atoms with van der Waals surface area (Å²) < 4.78 is 11.0. The van der Waals surface area contributed by atoms with Crippen LogP contribution in [0.25, 0.3) is 11.1 Å². The highest BCUT2D eigenvalue weighted by molar-refractivity contribution is 6.13. The Balaban J connectivity index is 1.30. The summed E-state index contributed by atoms with van der Waals surface area (Å²) in [4.78, 5) is 44.7. The summed E-state index contributed by atoms with van der Waals surface area (Å²) in [7, 11) is 0. The molecule has 2 N–H and O–H groups in total. The molecule has 3 heterocycles. The Labute approximate surface area is 202 Å². The summed E-state index contributed by atoms with van der Waals surface area (Å²) >= 11 is 0. The largest absolute Gasteiger partial charge is 0.447 e. The Hall–Kier alpha value is -3.72. The molecular formula is C26H28N4O5. The third-order valence-corrected chi connectivity index (χ3v) is 6.74. The number of furan rings is 1. The van der Waals surface area contributed by atoms with Crippen molar-refractivity contribution in [2.75, 3.05) is 30.4 Å². The summed E-state index contributed by atoms with van der Waals surface area (Å²) in [6, 6.07) is 11.0. The fourth-order valence-corrected chi connectivity index (χ4v) is 4.82. The van der Waals surface area contributed by atoms with Gasteiger partial charge in [0.25, 0.3) is 5.91 Å². The molecule has 35 heavy (non-hydrogen) atoms. The van der Waals surface area contributed by atoms with Gasteiger partial charge in [-0.05, 0) is 56.9 Å². The van der Waals surface area contributed by atoms with Crippen molar-refractivity contribution in [3.63, 3.8) is 0 Å². The van der Waals surface area contributed by atoms with Crippen molar-refractivity contribution in [3.05, 3.63) is 53.9 Å². The van der Waals surface area contributed by atoms with Crippen LogP contribution in [-0.4, -0.2) is 53.4 Å². The summed E-state index contributed by atoms with van der Waals surface area (Å²) in [5.74, 6) is -0.820. The predicted octanol–water partition coefficient (Wildman–Crippen LogP) is 3.74. The highest BCUT2D eigenvalue weighted by Crippen LogP contribution is 2.33. The lowest BCUT2D eigenvalue weighted by Crippen LogP contribution is -2.49. The molecule has 1 aromatic carbocycles. The van der Waals surface area contributed by atoms with E-state index < -0.39 is 5.91 Å². The molecule has 3 amide bonds. The molecule has 9 heteroatoms. The molecule has 0 bridgehead atoms. The zero-order valence-corrected chi connectivity index (χ0v) is 19.6. The molecule has 1 aliphatic carbocycles. The molecule has 0 unspecified atom stereocenters. The van der Waals surface area contributed by atoms with E-state index in [4.69, 9.17) is 9.15 Å². The van der Waals surface area contributed by atoms with Crippen LogP contribution in [-0.2, 0) is 14.3 Å². The van der Waals surface area contributed by atoms with Gasteiger partial charge >= 0.3 is 0 Å². The number of nitrogens with zero attached hydrogens (tertiary/aromatic N) is 2. The number of carbonyl (C=O) groups excluding carboxylic acids is 3. The second kappa shape index (κ2) is 9.87. The quantitative estimate of drug-likeness (QED) is 0.580. The Morgan fingerprint density at radius 2 is 1.83 bits per heavy atom. The van der Waals surface area contributed by atoms with Crippen LogP contribution in [0.3, 0.4) is 0 Å². The minimum Gasteiger partial charge on any atom is -0.447 e. The summed E-state index contributed by atoms with van der Waals surface area (Å²) in [5.41, 5.74) is 2.84. The van der Waals surface area contributed by atoms with Gasteiger partial charge in [-0.2, -0.15) is 0 Å². The molecule has 2 aliphatic rings. The first kappa shape index (κ1) is 23.0. The van der Waals surface area contributed by atoms with Gasteiger partial charge in [0.2, 0.25) is 17.6 Å². The van der Waals surface area contributed by atoms with E-state index in [1.165, 1.54) is 0 Å². The molecule has 182 valence electrons. The molecule has 1 saturated carbocycles. The average molecular weight is 477 g/mol. The fraction of sp³-hybridized carbons (Fsp3) is 0.385. The topological polar surface area (TPSA) is 114 Å². The van der Waals surface area contributed by atoms with Crippen LogP contribution in [0.15, 0.2) is 47.0 Å². The standard InChI is InChI=1S/C26H28N4O5/c1-16-4-8-18(9-5-16)28-26(33)24-23(22-20(35-24)3-2-12-27-22)29-25(32)17-6-10-19(11-7-17)30-13-14-34-15-21(30)31/h2-5,8-9,12,17,19H,6-7,10-11,13-15H2,1H3,(H,28,33)(H,29,32). The minimum absolute atomic E-state index is 0.0141. The smallest absolute Gasteiger partial charge is 0.293 e. The van der Waals surface area contributed by atoms with E-state index in [0.717, 1.165) is 18.4 Å². The molecule has 2 aromatic heterocycles. The maximum Gasteiger partial charge on any atom is 0.293 e. The van der Waals surface area contributed by atoms with Crippen molar-refractivity contribution >= 4 is 40.2 Å². The van der Waals surface area contributed by atoms with Gasteiger partial charge in [0.05, 0.1) is 6.61 Å². The first-order valence-corrected chi connectivity index (χ1v) is 11.9. The predicted molar refractivity (Wildman–Crippen MR) is 130 cm³/mol. The van der Waals surface area contributed by atoms with Crippen molar-refractivity contribution in [2.24, 2.45) is 5.92 Å². The van der Waals surface area contributed by atoms with Crippen molar-refractivity contribution < 1.29 is 23.5 Å². The Bertz CT molecular complexity index is 1240. The Morgan fingerprint density at radius 1 is 1.06 bits per heavy atom. The third-order valence-electron chi connectivity index (χ3n) is 6.74. The number of aryl methyl sites for hydroxylation is 1. The van der Waals surface area contributed by atoms with E-state index >= 15 is 0 Å². The number of hydrogen-bond donors (Lipinski definition) is 2. The molecule has 0 atom stereocenters. The molecule has 0 radical (unpaired) electrons. The molecule has 5 rings (SSSR count). The Morgan fingerprint density at radius 3 is 2.57 bits per heavy atom. The summed E-state index contributed by atoms with van der Waals surface area (Å²) in [5, 5.41) is 5.75. The number of pyridine rings is 1. The van der Waals surface area contributed by atoms with E-state index in [0.29, 0.717) is 42.8 Å². The number of benzene rings is 1. The van der Waals surface area contributed by atoms with Gasteiger partial charge in [0.15, 0.2) is 5.58 Å². The van der Waals surface area contributed by atoms with E-state index in [-0.39, 0.29) is 41.8 Å². The molecular weight excluding hydrogens is 448 g/mol. The van der Waals surface area contributed by atoms with Crippen LogP contribution >= 0.6 is 0 Å². The van der Waals surface area contributed by atoms with Gasteiger partial charge in [-0.1, -0.05) is 17.7 Å². The molecule has 1 aliphatic heterocycles. The normalized spacial score (nSPS) is 20.6. The van der Waals surface area contributed by atoms with E-state index in [2.05, 4.69) is 15.6 Å². The van der Waals surface area contributed by atoms with E-state index in [9.17, 15) is 14.4 Å². The zero-order chi connectivity index (χ0) is 24.4. The minimum atomic E-state index is -0.461. The fourth-order valence-electron chi connectivity index (χ4n) is 4.82. The maximum atomic E-state index is 13.2. The van der Waals surface area contributed by atoms with Gasteiger partial charge in [0, 0.05) is 30.4 Å². The van der Waals surface area contributed by atoms with Crippen molar-refractivity contribution in [1.82, 2.24) is 9.88 Å². The van der Waals surface area contributed by atoms with Crippen LogP contribution in [0, 0.1) is 12.8 Å². The van der Waals surface area contributed by atoms with E-state index in [1.807, 2.05) is 36.1 Å². The number of morpholine rings is 1. The number of nitrogens with one attached hydrogen (secondary N) is 2. The van der Waals surface area contributed by atoms with Crippen LogP contribution in [0.5, 0.6) is 0 Å². The van der Waals surface area contributed by atoms with Crippen LogP contribution < -0.4 is 10.6 Å². The summed E-state index contributed by atoms with van der Waals surface area (Å²) in [6.07, 6.45) is 4.44. The number of ether oxygens (including phenoxy) is 1. The summed E-state index contributed by atoms with van der Waals surface area (Å²) in [6.45, 7) is 3.26. The molecule has 1 saturated heterocycles. The van der Waals surface area contributed by atoms with Crippen molar-refractivity contribution in [2.45, 2.75) is 38.6 Å². The number of hydrogen-bond acceptors (Lipinski definition) is 6. The lowest BCUT2D eigenvalue weighted by molar-refractivity contribution is -0.146. The highest BCUT2D eigenvalue weighted by Gasteiger charge is 2.34. The molecule has 0 spiro atoms. The average Bonchev–Trinajstić information content (AvgIpc) is 3.24. The third kappa shape index (κ3) is 4.90. The SMILES string of the molecule is Cc1ccc(NC(=O)c2oc3cccnc3c2NC(=O)C2CCC(N3CCOCC3=O)CC2)cc1. The monoisotopic (exact) mass is 476 g/mol. The second-order valence-corrected chi connectivity index (χ2v) is 9.11. The molecule has 9 nitrogen and oxygen atoms in total.